The molecule has 2 aromatic rings. The Morgan fingerprint density at radius 1 is 1.20 bits per heavy atom. The molecule has 0 aliphatic heterocycles. The van der Waals surface area contributed by atoms with Crippen LogP contribution in [-0.4, -0.2) is 12.9 Å². The van der Waals surface area contributed by atoms with Gasteiger partial charge in [-0.1, -0.05) is 35.9 Å². The van der Waals surface area contributed by atoms with Gasteiger partial charge in [-0.2, -0.15) is 0 Å². The number of benzene rings is 2. The van der Waals surface area contributed by atoms with Gasteiger partial charge in [0.05, 0.1) is 6.61 Å². The number of rotatable bonds is 6. The molecule has 1 atom stereocenters. The van der Waals surface area contributed by atoms with Crippen LogP contribution in [0, 0.1) is 0 Å². The van der Waals surface area contributed by atoms with Gasteiger partial charge in [-0.25, -0.2) is 0 Å². The molecule has 0 N–H and O–H groups in total. The van der Waals surface area contributed by atoms with Gasteiger partial charge in [0.15, 0.2) is 0 Å². The average Bonchev–Trinajstić information content (AvgIpc) is 2.47. The summed E-state index contributed by atoms with van der Waals surface area (Å²) in [6.45, 7) is 2.59. The molecule has 0 aliphatic carbocycles. The van der Waals surface area contributed by atoms with Gasteiger partial charge < -0.3 is 9.53 Å². The molecule has 0 heterocycles. The lowest BCUT2D eigenvalue weighted by molar-refractivity contribution is -0.109. The standard InChI is InChI=1S/C17H17ClO2/c1-2-20-17-5-3-4-13(11-17)10-15(12-19)14-6-8-16(18)9-7-14/h3-9,11-12,15H,2,10H2,1H3. The summed E-state index contributed by atoms with van der Waals surface area (Å²) in [4.78, 5) is 11.3. The Balaban J connectivity index is 2.15. The molecular formula is C17H17ClO2. The van der Waals surface area contributed by atoms with Crippen molar-refractivity contribution in [2.75, 3.05) is 6.61 Å². The minimum Gasteiger partial charge on any atom is -0.494 e. The Bertz CT molecular complexity index is 563. The number of hydrogen-bond donors (Lipinski definition) is 0. The maximum atomic E-state index is 11.3. The Morgan fingerprint density at radius 3 is 2.60 bits per heavy atom. The Morgan fingerprint density at radius 2 is 1.95 bits per heavy atom. The van der Waals surface area contributed by atoms with Gasteiger partial charge in [-0.15, -0.1) is 0 Å². The second-order valence-electron chi connectivity index (χ2n) is 4.58. The van der Waals surface area contributed by atoms with E-state index >= 15 is 0 Å². The highest BCUT2D eigenvalue weighted by molar-refractivity contribution is 6.30. The van der Waals surface area contributed by atoms with Crippen LogP contribution in [0.1, 0.15) is 24.0 Å². The third-order valence-electron chi connectivity index (χ3n) is 3.13. The van der Waals surface area contributed by atoms with E-state index in [1.54, 1.807) is 0 Å². The molecular weight excluding hydrogens is 272 g/mol. The molecule has 0 fully saturated rings. The van der Waals surface area contributed by atoms with Gasteiger partial charge in [-0.05, 0) is 48.7 Å². The maximum absolute atomic E-state index is 11.3. The summed E-state index contributed by atoms with van der Waals surface area (Å²) >= 11 is 5.87. The van der Waals surface area contributed by atoms with Crippen molar-refractivity contribution < 1.29 is 9.53 Å². The summed E-state index contributed by atoms with van der Waals surface area (Å²) in [7, 11) is 0. The van der Waals surface area contributed by atoms with Crippen LogP contribution < -0.4 is 4.74 Å². The van der Waals surface area contributed by atoms with Gasteiger partial charge in [-0.3, -0.25) is 0 Å². The van der Waals surface area contributed by atoms with Crippen molar-refractivity contribution in [3.8, 4) is 5.75 Å². The molecule has 0 aliphatic rings. The van der Waals surface area contributed by atoms with E-state index in [2.05, 4.69) is 0 Å². The fourth-order valence-electron chi connectivity index (χ4n) is 2.14. The topological polar surface area (TPSA) is 26.3 Å². The van der Waals surface area contributed by atoms with E-state index in [1.165, 1.54) is 0 Å². The molecule has 2 nitrogen and oxygen atoms in total. The summed E-state index contributed by atoms with van der Waals surface area (Å²) in [6.07, 6.45) is 1.64. The number of hydrogen-bond acceptors (Lipinski definition) is 2. The van der Waals surface area contributed by atoms with Gasteiger partial charge in [0, 0.05) is 10.9 Å². The predicted molar refractivity (Wildman–Crippen MR) is 81.6 cm³/mol. The zero-order valence-electron chi connectivity index (χ0n) is 11.4. The first kappa shape index (κ1) is 14.6. The molecule has 0 radical (unpaired) electrons. The van der Waals surface area contributed by atoms with Gasteiger partial charge in [0.25, 0.3) is 0 Å². The van der Waals surface area contributed by atoms with Crippen molar-refractivity contribution >= 4 is 17.9 Å². The Hall–Kier alpha value is -1.80. The summed E-state index contributed by atoms with van der Waals surface area (Å²) in [5, 5.41) is 0.678. The van der Waals surface area contributed by atoms with Crippen molar-refractivity contribution in [2.24, 2.45) is 0 Å². The highest BCUT2D eigenvalue weighted by Gasteiger charge is 2.11. The average molecular weight is 289 g/mol. The van der Waals surface area contributed by atoms with Crippen molar-refractivity contribution in [2.45, 2.75) is 19.3 Å². The van der Waals surface area contributed by atoms with Crippen molar-refractivity contribution in [1.29, 1.82) is 0 Å². The first-order valence-corrected chi connectivity index (χ1v) is 7.03. The molecule has 104 valence electrons. The van der Waals surface area contributed by atoms with Crippen LogP contribution in [0.4, 0.5) is 0 Å². The Kier molecular flexibility index (Phi) is 5.19. The van der Waals surface area contributed by atoms with Crippen LogP contribution in [0.5, 0.6) is 5.75 Å². The Labute approximate surface area is 124 Å². The van der Waals surface area contributed by atoms with E-state index < -0.39 is 0 Å². The monoisotopic (exact) mass is 288 g/mol. The minimum atomic E-state index is -0.163. The van der Waals surface area contributed by atoms with E-state index in [0.717, 1.165) is 23.2 Å². The lowest BCUT2D eigenvalue weighted by Gasteiger charge is -2.12. The molecule has 0 aromatic heterocycles. The molecule has 0 saturated heterocycles. The van der Waals surface area contributed by atoms with Crippen LogP contribution in [0.25, 0.3) is 0 Å². The van der Waals surface area contributed by atoms with Crippen LogP contribution in [-0.2, 0) is 11.2 Å². The summed E-state index contributed by atoms with van der Waals surface area (Å²) in [5.74, 6) is 0.676. The van der Waals surface area contributed by atoms with Crippen molar-refractivity contribution in [1.82, 2.24) is 0 Å². The number of halogens is 1. The van der Waals surface area contributed by atoms with Crippen molar-refractivity contribution in [3.63, 3.8) is 0 Å². The third kappa shape index (κ3) is 3.84. The molecule has 20 heavy (non-hydrogen) atoms. The second-order valence-corrected chi connectivity index (χ2v) is 5.02. The zero-order chi connectivity index (χ0) is 14.4. The van der Waals surface area contributed by atoms with Gasteiger partial charge >= 0.3 is 0 Å². The molecule has 0 saturated carbocycles. The largest absolute Gasteiger partial charge is 0.494 e. The summed E-state index contributed by atoms with van der Waals surface area (Å²) < 4.78 is 5.48. The fourth-order valence-corrected chi connectivity index (χ4v) is 2.26. The van der Waals surface area contributed by atoms with E-state index in [4.69, 9.17) is 16.3 Å². The summed E-state index contributed by atoms with van der Waals surface area (Å²) in [5.41, 5.74) is 2.06. The van der Waals surface area contributed by atoms with Gasteiger partial charge in [0.2, 0.25) is 0 Å². The van der Waals surface area contributed by atoms with Crippen LogP contribution >= 0.6 is 11.6 Å². The summed E-state index contributed by atoms with van der Waals surface area (Å²) in [6, 6.07) is 15.3. The quantitative estimate of drug-likeness (QED) is 0.742. The first-order valence-electron chi connectivity index (χ1n) is 6.65. The van der Waals surface area contributed by atoms with E-state index in [-0.39, 0.29) is 5.92 Å². The first-order chi connectivity index (χ1) is 9.72. The van der Waals surface area contributed by atoms with E-state index in [0.29, 0.717) is 18.1 Å². The molecule has 1 unspecified atom stereocenters. The lowest BCUT2D eigenvalue weighted by Crippen LogP contribution is -2.04. The molecule has 2 aromatic carbocycles. The second kappa shape index (κ2) is 7.11. The number of aldehydes is 1. The zero-order valence-corrected chi connectivity index (χ0v) is 12.1. The van der Waals surface area contributed by atoms with Crippen LogP contribution in [0.3, 0.4) is 0 Å². The molecule has 3 heteroatoms. The number of carbonyl (C=O) groups excluding carboxylic acids is 1. The third-order valence-corrected chi connectivity index (χ3v) is 3.38. The molecule has 0 amide bonds. The van der Waals surface area contributed by atoms with E-state index in [1.807, 2.05) is 55.5 Å². The minimum absolute atomic E-state index is 0.163. The lowest BCUT2D eigenvalue weighted by atomic mass is 9.93. The van der Waals surface area contributed by atoms with Gasteiger partial charge in [0.1, 0.15) is 12.0 Å². The SMILES string of the molecule is CCOc1cccc(CC(C=O)c2ccc(Cl)cc2)c1. The smallest absolute Gasteiger partial charge is 0.127 e. The van der Waals surface area contributed by atoms with Crippen LogP contribution in [0.2, 0.25) is 5.02 Å². The molecule has 0 bridgehead atoms. The molecule has 0 spiro atoms. The number of carbonyl (C=O) groups is 1. The fraction of sp³-hybridized carbons (Fsp3) is 0.235. The van der Waals surface area contributed by atoms with Crippen LogP contribution in [0.15, 0.2) is 48.5 Å². The normalized spacial score (nSPS) is 11.9. The highest BCUT2D eigenvalue weighted by Crippen LogP contribution is 2.23. The van der Waals surface area contributed by atoms with Crippen molar-refractivity contribution in [3.05, 3.63) is 64.7 Å². The highest BCUT2D eigenvalue weighted by atomic mass is 35.5. The molecule has 2 rings (SSSR count). The predicted octanol–water partition coefficient (Wildman–Crippen LogP) is 4.26. The van der Waals surface area contributed by atoms with E-state index in [9.17, 15) is 4.79 Å². The number of ether oxygens (including phenoxy) is 1. The maximum Gasteiger partial charge on any atom is 0.127 e.